The van der Waals surface area contributed by atoms with Gasteiger partial charge in [0.25, 0.3) is 0 Å². The molecule has 4 nitrogen and oxygen atoms in total. The van der Waals surface area contributed by atoms with Crippen LogP contribution in [0.1, 0.15) is 16.7 Å². The van der Waals surface area contributed by atoms with E-state index in [1.165, 1.54) is 12.1 Å². The van der Waals surface area contributed by atoms with Crippen LogP contribution in [0.15, 0.2) is 30.5 Å². The number of nitrogens with two attached hydrogens (primary N) is 1. The third-order valence-corrected chi connectivity index (χ3v) is 2.74. The number of amidine groups is 1. The molecular weight excluding hydrogens is 245 g/mol. The summed E-state index contributed by atoms with van der Waals surface area (Å²) in [5.41, 5.74) is 7.26. The molecule has 0 saturated carbocycles. The summed E-state index contributed by atoms with van der Waals surface area (Å²) in [6.07, 6.45) is 1.58. The number of rotatable bonds is 3. The van der Waals surface area contributed by atoms with E-state index in [-0.39, 0.29) is 17.5 Å². The Labute approximate surface area is 110 Å². The summed E-state index contributed by atoms with van der Waals surface area (Å²) in [7, 11) is 0. The Kier molecular flexibility index (Phi) is 3.46. The number of hydrogen-bond acceptors (Lipinski definition) is 3. The molecule has 2 rings (SSSR count). The van der Waals surface area contributed by atoms with Gasteiger partial charge in [-0.05, 0) is 49.2 Å². The van der Waals surface area contributed by atoms with Crippen LogP contribution >= 0.6 is 0 Å². The Balaban J connectivity index is 2.40. The Morgan fingerprint density at radius 2 is 2.00 bits per heavy atom. The molecule has 5 heteroatoms. The van der Waals surface area contributed by atoms with Gasteiger partial charge in [0, 0.05) is 6.20 Å². The maximum atomic E-state index is 13.2. The maximum absolute atomic E-state index is 13.2. The molecule has 0 aliphatic carbocycles. The topological polar surface area (TPSA) is 72.0 Å². The molecule has 0 radical (unpaired) electrons. The Hall–Kier alpha value is -2.43. The van der Waals surface area contributed by atoms with E-state index < -0.39 is 0 Å². The van der Waals surface area contributed by atoms with Gasteiger partial charge in [0.15, 0.2) is 0 Å². The minimum absolute atomic E-state index is 0.112. The van der Waals surface area contributed by atoms with Gasteiger partial charge in [0.1, 0.15) is 17.4 Å². The average molecular weight is 259 g/mol. The predicted octanol–water partition coefficient (Wildman–Crippen LogP) is 2.91. The second-order valence-corrected chi connectivity index (χ2v) is 4.23. The van der Waals surface area contributed by atoms with Crippen LogP contribution in [0.5, 0.6) is 11.6 Å². The van der Waals surface area contributed by atoms with Crippen LogP contribution < -0.4 is 10.5 Å². The monoisotopic (exact) mass is 259 g/mol. The molecule has 98 valence electrons. The number of aryl methyl sites for hydroxylation is 2. The van der Waals surface area contributed by atoms with E-state index in [1.807, 2.05) is 6.92 Å². The minimum Gasteiger partial charge on any atom is -0.438 e. The first kappa shape index (κ1) is 13.0. The molecule has 0 aliphatic rings. The molecule has 0 saturated heterocycles. The number of benzene rings is 1. The van der Waals surface area contributed by atoms with E-state index in [2.05, 4.69) is 4.98 Å². The van der Waals surface area contributed by atoms with Crippen LogP contribution in [-0.2, 0) is 0 Å². The summed E-state index contributed by atoms with van der Waals surface area (Å²) >= 11 is 0. The molecule has 1 heterocycles. The van der Waals surface area contributed by atoms with E-state index in [4.69, 9.17) is 15.9 Å². The summed E-state index contributed by atoms with van der Waals surface area (Å²) in [6, 6.07) is 6.16. The van der Waals surface area contributed by atoms with Crippen molar-refractivity contribution < 1.29 is 9.13 Å². The zero-order chi connectivity index (χ0) is 14.0. The van der Waals surface area contributed by atoms with Crippen LogP contribution in [0.4, 0.5) is 4.39 Å². The zero-order valence-electron chi connectivity index (χ0n) is 10.7. The van der Waals surface area contributed by atoms with Crippen LogP contribution in [-0.4, -0.2) is 10.8 Å². The van der Waals surface area contributed by atoms with Gasteiger partial charge in [-0.2, -0.15) is 0 Å². The van der Waals surface area contributed by atoms with E-state index in [9.17, 15) is 4.39 Å². The fraction of sp³-hybridized carbons (Fsp3) is 0.143. The van der Waals surface area contributed by atoms with Crippen molar-refractivity contribution in [3.05, 3.63) is 53.0 Å². The maximum Gasteiger partial charge on any atom is 0.230 e. The molecule has 0 spiro atoms. The van der Waals surface area contributed by atoms with Gasteiger partial charge in [0.05, 0.1) is 5.56 Å². The fourth-order valence-electron chi connectivity index (χ4n) is 1.73. The zero-order valence-corrected chi connectivity index (χ0v) is 10.7. The van der Waals surface area contributed by atoms with Crippen LogP contribution in [0.3, 0.4) is 0 Å². The summed E-state index contributed by atoms with van der Waals surface area (Å²) in [5, 5.41) is 7.56. The van der Waals surface area contributed by atoms with E-state index in [0.717, 1.165) is 5.56 Å². The largest absolute Gasteiger partial charge is 0.438 e. The first-order valence-electron chi connectivity index (χ1n) is 5.73. The summed E-state index contributed by atoms with van der Waals surface area (Å²) < 4.78 is 18.8. The standard InChI is InChI=1S/C14H14FN3O/c1-8-5-6-18-14(12(8)13(16)17)19-10-3-4-11(15)9(2)7-10/h3-7H,1-2H3,(H3,16,17). The van der Waals surface area contributed by atoms with Crippen molar-refractivity contribution in [1.82, 2.24) is 4.98 Å². The average Bonchev–Trinajstić information content (AvgIpc) is 2.33. The SMILES string of the molecule is Cc1cc(Oc2nccc(C)c2C(=N)N)ccc1F. The van der Waals surface area contributed by atoms with Gasteiger partial charge < -0.3 is 10.5 Å². The van der Waals surface area contributed by atoms with E-state index >= 15 is 0 Å². The predicted molar refractivity (Wildman–Crippen MR) is 71.2 cm³/mol. The van der Waals surface area contributed by atoms with Crippen molar-refractivity contribution in [1.29, 1.82) is 5.41 Å². The molecule has 0 unspecified atom stereocenters. The normalized spacial score (nSPS) is 10.3. The second kappa shape index (κ2) is 5.06. The number of aromatic nitrogens is 1. The fourth-order valence-corrected chi connectivity index (χ4v) is 1.73. The van der Waals surface area contributed by atoms with Crippen molar-refractivity contribution in [2.45, 2.75) is 13.8 Å². The molecule has 0 amide bonds. The smallest absolute Gasteiger partial charge is 0.230 e. The minimum atomic E-state index is -0.295. The Bertz CT molecular complexity index is 641. The number of nitrogens with one attached hydrogen (secondary N) is 1. The first-order chi connectivity index (χ1) is 8.99. The molecule has 3 N–H and O–H groups in total. The van der Waals surface area contributed by atoms with Crippen molar-refractivity contribution >= 4 is 5.84 Å². The van der Waals surface area contributed by atoms with E-state index in [1.54, 1.807) is 25.3 Å². The highest BCUT2D eigenvalue weighted by Crippen LogP contribution is 2.26. The first-order valence-corrected chi connectivity index (χ1v) is 5.73. The van der Waals surface area contributed by atoms with Gasteiger partial charge in [0.2, 0.25) is 5.88 Å². The van der Waals surface area contributed by atoms with Crippen molar-refractivity contribution in [3.8, 4) is 11.6 Å². The number of halogens is 1. The van der Waals surface area contributed by atoms with Gasteiger partial charge in [-0.3, -0.25) is 5.41 Å². The highest BCUT2D eigenvalue weighted by Gasteiger charge is 2.12. The van der Waals surface area contributed by atoms with Crippen molar-refractivity contribution in [3.63, 3.8) is 0 Å². The molecule has 0 aliphatic heterocycles. The summed E-state index contributed by atoms with van der Waals surface area (Å²) in [5.74, 6) is 0.300. The quantitative estimate of drug-likeness (QED) is 0.657. The third-order valence-electron chi connectivity index (χ3n) is 2.74. The van der Waals surface area contributed by atoms with Gasteiger partial charge in [-0.1, -0.05) is 0 Å². The second-order valence-electron chi connectivity index (χ2n) is 4.23. The van der Waals surface area contributed by atoms with Crippen molar-refractivity contribution in [2.24, 2.45) is 5.73 Å². The molecule has 2 aromatic rings. The third kappa shape index (κ3) is 2.70. The number of ether oxygens (including phenoxy) is 1. The number of nitrogen functional groups attached to an aromatic ring is 1. The molecule has 0 fully saturated rings. The number of hydrogen-bond donors (Lipinski definition) is 2. The van der Waals surface area contributed by atoms with Crippen LogP contribution in [0.2, 0.25) is 0 Å². The summed E-state index contributed by atoms with van der Waals surface area (Å²) in [4.78, 5) is 4.07. The lowest BCUT2D eigenvalue weighted by Crippen LogP contribution is -2.14. The molecule has 19 heavy (non-hydrogen) atoms. The molecule has 0 atom stereocenters. The summed E-state index contributed by atoms with van der Waals surface area (Å²) in [6.45, 7) is 3.47. The Morgan fingerprint density at radius 3 is 2.63 bits per heavy atom. The van der Waals surface area contributed by atoms with Gasteiger partial charge >= 0.3 is 0 Å². The van der Waals surface area contributed by atoms with E-state index in [0.29, 0.717) is 16.9 Å². The van der Waals surface area contributed by atoms with Crippen LogP contribution in [0.25, 0.3) is 0 Å². The number of nitrogens with zero attached hydrogens (tertiary/aromatic N) is 1. The molecule has 1 aromatic carbocycles. The van der Waals surface area contributed by atoms with Crippen molar-refractivity contribution in [2.75, 3.05) is 0 Å². The van der Waals surface area contributed by atoms with Crippen LogP contribution in [0, 0.1) is 25.1 Å². The van der Waals surface area contributed by atoms with Gasteiger partial charge in [-0.15, -0.1) is 0 Å². The van der Waals surface area contributed by atoms with Gasteiger partial charge in [-0.25, -0.2) is 9.37 Å². The molecular formula is C14H14FN3O. The molecule has 1 aromatic heterocycles. The molecule has 0 bridgehead atoms. The highest BCUT2D eigenvalue weighted by atomic mass is 19.1. The Morgan fingerprint density at radius 1 is 1.26 bits per heavy atom. The lowest BCUT2D eigenvalue weighted by atomic mass is 10.1. The lowest BCUT2D eigenvalue weighted by molar-refractivity contribution is 0.459. The highest BCUT2D eigenvalue weighted by molar-refractivity contribution is 5.98. The lowest BCUT2D eigenvalue weighted by Gasteiger charge is -2.11. The number of pyridine rings is 1.